The van der Waals surface area contributed by atoms with E-state index in [2.05, 4.69) is 0 Å². The van der Waals surface area contributed by atoms with Crippen LogP contribution in [0.2, 0.25) is 0 Å². The average Bonchev–Trinajstić information content (AvgIpc) is 3.24. The predicted molar refractivity (Wildman–Crippen MR) is 176 cm³/mol. The Hall–Kier alpha value is -3.32. The Morgan fingerprint density at radius 2 is 1.46 bits per heavy atom. The molecule has 13 nitrogen and oxygen atoms in total. The molecule has 0 aromatic rings. The van der Waals surface area contributed by atoms with E-state index in [1.54, 1.807) is 27.7 Å². The zero-order valence-electron chi connectivity index (χ0n) is 31.0. The van der Waals surface area contributed by atoms with Crippen LogP contribution in [-0.2, 0) is 52.5 Å². The standard InChI is InChI=1S/C37H54O13/c1-19(38)46-28-18-26-27(43)17-25-24(35(26,9)32(49-22(4)41)31(28)48-21(3)40)11-15-34(8)29(12-16-37(25,34)45)36(10,44)30(47-20(2)39)13-14-33(6,7)50-23(5)42/h17,24,26,28-32,44-45H,11-16,18H2,1-10H3/t24?,26?,28-,29?,30-,31-,32-,34-,35-,36-,37-/m1/s1. The van der Waals surface area contributed by atoms with Crippen molar-refractivity contribution < 1.29 is 62.7 Å². The van der Waals surface area contributed by atoms with Crippen molar-refractivity contribution in [3.8, 4) is 0 Å². The summed E-state index contributed by atoms with van der Waals surface area (Å²) in [5.74, 6) is -5.30. The van der Waals surface area contributed by atoms with Gasteiger partial charge in [-0.15, -0.1) is 0 Å². The summed E-state index contributed by atoms with van der Waals surface area (Å²) < 4.78 is 28.3. The third-order valence-electron chi connectivity index (χ3n) is 12.2. The number of carbonyl (C=O) groups is 6. The van der Waals surface area contributed by atoms with Crippen molar-refractivity contribution in [2.75, 3.05) is 0 Å². The number of rotatable bonds is 10. The summed E-state index contributed by atoms with van der Waals surface area (Å²) in [5.41, 5.74) is -5.82. The van der Waals surface area contributed by atoms with Gasteiger partial charge in [-0.2, -0.15) is 0 Å². The fraction of sp³-hybridized carbons (Fsp3) is 0.784. The molecule has 280 valence electrons. The number of fused-ring (bicyclic) bond motifs is 5. The Kier molecular flexibility index (Phi) is 10.8. The second-order valence-electron chi connectivity index (χ2n) is 16.1. The summed E-state index contributed by atoms with van der Waals surface area (Å²) in [4.78, 5) is 75.2. The number of aliphatic hydroxyl groups is 2. The lowest BCUT2D eigenvalue weighted by molar-refractivity contribution is -0.231. The Morgan fingerprint density at radius 3 is 2.00 bits per heavy atom. The van der Waals surface area contributed by atoms with E-state index in [1.165, 1.54) is 40.7 Å². The molecule has 0 aliphatic heterocycles. The lowest BCUT2D eigenvalue weighted by Crippen LogP contribution is -2.68. The van der Waals surface area contributed by atoms with Gasteiger partial charge in [-0.05, 0) is 89.2 Å². The fourth-order valence-corrected chi connectivity index (χ4v) is 10.1. The number of allylic oxidation sites excluding steroid dienone is 1. The van der Waals surface area contributed by atoms with Gasteiger partial charge in [0.05, 0.1) is 5.60 Å². The largest absolute Gasteiger partial charge is 0.460 e. The number of hydrogen-bond acceptors (Lipinski definition) is 13. The van der Waals surface area contributed by atoms with Gasteiger partial charge in [0.25, 0.3) is 0 Å². The van der Waals surface area contributed by atoms with E-state index >= 15 is 0 Å². The number of carbonyl (C=O) groups excluding carboxylic acids is 6. The van der Waals surface area contributed by atoms with Crippen molar-refractivity contribution in [2.45, 2.75) is 155 Å². The normalized spacial score (nSPS) is 36.6. The molecule has 4 aliphatic carbocycles. The smallest absolute Gasteiger partial charge is 0.303 e. The number of hydrogen-bond donors (Lipinski definition) is 2. The fourth-order valence-electron chi connectivity index (χ4n) is 10.1. The van der Waals surface area contributed by atoms with Crippen molar-refractivity contribution >= 4 is 35.6 Å². The third kappa shape index (κ3) is 6.96. The molecule has 2 N–H and O–H groups in total. The van der Waals surface area contributed by atoms with Crippen molar-refractivity contribution in [2.24, 2.45) is 28.6 Å². The highest BCUT2D eigenvalue weighted by Crippen LogP contribution is 2.69. The van der Waals surface area contributed by atoms with Crippen LogP contribution in [0.5, 0.6) is 0 Å². The average molecular weight is 707 g/mol. The maximum absolute atomic E-state index is 14.2. The summed E-state index contributed by atoms with van der Waals surface area (Å²) >= 11 is 0. The molecule has 4 rings (SSSR count). The highest BCUT2D eigenvalue weighted by molar-refractivity contribution is 5.95. The van der Waals surface area contributed by atoms with E-state index in [9.17, 15) is 39.0 Å². The molecule has 0 bridgehead atoms. The molecule has 11 atom stereocenters. The molecule has 13 heteroatoms. The molecule has 0 saturated heterocycles. The van der Waals surface area contributed by atoms with Crippen molar-refractivity contribution in [1.82, 2.24) is 0 Å². The van der Waals surface area contributed by atoms with Crippen LogP contribution in [0.25, 0.3) is 0 Å². The minimum atomic E-state index is -1.64. The van der Waals surface area contributed by atoms with Crippen LogP contribution in [0.15, 0.2) is 11.6 Å². The van der Waals surface area contributed by atoms with Gasteiger partial charge in [-0.1, -0.05) is 13.8 Å². The van der Waals surface area contributed by atoms with Crippen LogP contribution in [-0.4, -0.2) is 87.1 Å². The Labute approximate surface area is 293 Å². The first kappa shape index (κ1) is 39.5. The molecule has 3 unspecified atom stereocenters. The summed E-state index contributed by atoms with van der Waals surface area (Å²) in [5, 5.41) is 25.2. The maximum Gasteiger partial charge on any atom is 0.303 e. The van der Waals surface area contributed by atoms with Crippen LogP contribution in [0.4, 0.5) is 0 Å². The first-order chi connectivity index (χ1) is 22.9. The predicted octanol–water partition coefficient (Wildman–Crippen LogP) is 3.68. The van der Waals surface area contributed by atoms with Crippen LogP contribution in [0.1, 0.15) is 114 Å². The van der Waals surface area contributed by atoms with Crippen LogP contribution >= 0.6 is 0 Å². The van der Waals surface area contributed by atoms with Gasteiger partial charge in [0.1, 0.15) is 29.5 Å². The van der Waals surface area contributed by atoms with Gasteiger partial charge in [0.15, 0.2) is 11.9 Å². The van der Waals surface area contributed by atoms with Gasteiger partial charge in [0.2, 0.25) is 0 Å². The molecule has 50 heavy (non-hydrogen) atoms. The third-order valence-corrected chi connectivity index (χ3v) is 12.2. The lowest BCUT2D eigenvalue weighted by atomic mass is 9.45. The summed E-state index contributed by atoms with van der Waals surface area (Å²) in [6.45, 7) is 14.9. The highest BCUT2D eigenvalue weighted by atomic mass is 16.6. The van der Waals surface area contributed by atoms with Gasteiger partial charge >= 0.3 is 29.8 Å². The number of ether oxygens (including phenoxy) is 5. The molecular weight excluding hydrogens is 652 g/mol. The van der Waals surface area contributed by atoms with Crippen LogP contribution < -0.4 is 0 Å². The zero-order chi connectivity index (χ0) is 37.8. The van der Waals surface area contributed by atoms with Crippen LogP contribution in [0, 0.1) is 28.6 Å². The van der Waals surface area contributed by atoms with E-state index in [4.69, 9.17) is 23.7 Å². The van der Waals surface area contributed by atoms with E-state index in [-0.39, 0.29) is 31.5 Å². The topological polar surface area (TPSA) is 189 Å². The molecule has 0 spiro atoms. The van der Waals surface area contributed by atoms with Crippen molar-refractivity contribution in [3.05, 3.63) is 11.6 Å². The Morgan fingerprint density at radius 1 is 0.860 bits per heavy atom. The molecule has 3 fully saturated rings. The number of esters is 5. The van der Waals surface area contributed by atoms with Gasteiger partial charge in [0, 0.05) is 51.4 Å². The molecule has 0 aromatic heterocycles. The number of ketones is 1. The molecule has 4 aliphatic rings. The first-order valence-electron chi connectivity index (χ1n) is 17.5. The lowest BCUT2D eigenvalue weighted by Gasteiger charge is -2.62. The second-order valence-corrected chi connectivity index (χ2v) is 16.1. The highest BCUT2D eigenvalue weighted by Gasteiger charge is 2.72. The first-order valence-corrected chi connectivity index (χ1v) is 17.5. The molecule has 0 amide bonds. The SMILES string of the molecule is CC(=O)O[C@H]1[C@@H](OC(C)=O)[C@@]2(C)C(C[C@H]1OC(C)=O)C(=O)C=C1C2CC[C@]2(C)C([C@@](C)(O)[C@@H](CCC(C)(C)OC(C)=O)OC(C)=O)CC[C@@]12O. The monoisotopic (exact) mass is 706 g/mol. The molecule has 3 saturated carbocycles. The van der Waals surface area contributed by atoms with E-state index in [0.717, 1.165) is 0 Å². The molecule has 0 heterocycles. The Balaban J connectivity index is 1.76. The van der Waals surface area contributed by atoms with Crippen LogP contribution in [0.3, 0.4) is 0 Å². The minimum absolute atomic E-state index is 0.0195. The van der Waals surface area contributed by atoms with Gasteiger partial charge in [-0.3, -0.25) is 28.8 Å². The summed E-state index contributed by atoms with van der Waals surface area (Å²) in [6, 6.07) is 0. The zero-order valence-corrected chi connectivity index (χ0v) is 31.0. The molecule has 0 radical (unpaired) electrons. The van der Waals surface area contributed by atoms with Gasteiger partial charge < -0.3 is 33.9 Å². The summed E-state index contributed by atoms with van der Waals surface area (Å²) in [7, 11) is 0. The summed E-state index contributed by atoms with van der Waals surface area (Å²) in [6.07, 6.45) is -1.18. The maximum atomic E-state index is 14.2. The second kappa shape index (κ2) is 13.7. The molecule has 0 aromatic carbocycles. The van der Waals surface area contributed by atoms with E-state index < -0.39 is 99.6 Å². The quantitative estimate of drug-likeness (QED) is 0.248. The molecular formula is C37H54O13. The minimum Gasteiger partial charge on any atom is -0.460 e. The van der Waals surface area contributed by atoms with Crippen molar-refractivity contribution in [1.29, 1.82) is 0 Å². The van der Waals surface area contributed by atoms with Crippen molar-refractivity contribution in [3.63, 3.8) is 0 Å². The van der Waals surface area contributed by atoms with E-state index in [1.807, 2.05) is 6.92 Å². The van der Waals surface area contributed by atoms with Gasteiger partial charge in [-0.25, -0.2) is 0 Å². The Bertz CT molecular complexity index is 1450. The van der Waals surface area contributed by atoms with E-state index in [0.29, 0.717) is 24.8 Å².